The number of rotatable bonds is 5. The SMILES string of the molecule is CCCNC(c1ccc(F)cc1)C1CSCCO1. The third-order valence-electron chi connectivity index (χ3n) is 3.06. The first-order valence-electron chi connectivity index (χ1n) is 6.49. The van der Waals surface area contributed by atoms with Crippen LogP contribution in [0.1, 0.15) is 24.9 Å². The zero-order valence-corrected chi connectivity index (χ0v) is 11.5. The van der Waals surface area contributed by atoms with Crippen LogP contribution in [-0.4, -0.2) is 30.8 Å². The summed E-state index contributed by atoms with van der Waals surface area (Å²) in [6.07, 6.45) is 1.26. The topological polar surface area (TPSA) is 21.3 Å². The monoisotopic (exact) mass is 269 g/mol. The highest BCUT2D eigenvalue weighted by Gasteiger charge is 2.25. The van der Waals surface area contributed by atoms with E-state index in [9.17, 15) is 4.39 Å². The Morgan fingerprint density at radius 3 is 2.83 bits per heavy atom. The number of thioether (sulfide) groups is 1. The summed E-state index contributed by atoms with van der Waals surface area (Å²) in [4.78, 5) is 0. The Balaban J connectivity index is 2.10. The zero-order chi connectivity index (χ0) is 12.8. The summed E-state index contributed by atoms with van der Waals surface area (Å²) in [5.41, 5.74) is 1.11. The van der Waals surface area contributed by atoms with Crippen molar-refractivity contribution in [1.29, 1.82) is 0 Å². The van der Waals surface area contributed by atoms with Gasteiger partial charge in [0.05, 0.1) is 18.8 Å². The zero-order valence-electron chi connectivity index (χ0n) is 10.7. The third-order valence-corrected chi connectivity index (χ3v) is 4.08. The smallest absolute Gasteiger partial charge is 0.123 e. The number of ether oxygens (including phenoxy) is 1. The summed E-state index contributed by atoms with van der Waals surface area (Å²) in [5, 5.41) is 3.51. The minimum Gasteiger partial charge on any atom is -0.375 e. The van der Waals surface area contributed by atoms with E-state index in [0.29, 0.717) is 0 Å². The van der Waals surface area contributed by atoms with Gasteiger partial charge >= 0.3 is 0 Å². The lowest BCUT2D eigenvalue weighted by Gasteiger charge is -2.31. The largest absolute Gasteiger partial charge is 0.375 e. The van der Waals surface area contributed by atoms with Crippen LogP contribution in [0.4, 0.5) is 4.39 Å². The molecule has 1 N–H and O–H groups in total. The summed E-state index contributed by atoms with van der Waals surface area (Å²) in [6.45, 7) is 3.90. The van der Waals surface area contributed by atoms with Crippen LogP contribution in [-0.2, 0) is 4.74 Å². The summed E-state index contributed by atoms with van der Waals surface area (Å²) in [6, 6.07) is 6.91. The van der Waals surface area contributed by atoms with Gasteiger partial charge in [0, 0.05) is 11.5 Å². The van der Waals surface area contributed by atoms with Gasteiger partial charge in [-0.3, -0.25) is 0 Å². The van der Waals surface area contributed by atoms with E-state index in [1.165, 1.54) is 12.1 Å². The molecule has 1 saturated heterocycles. The lowest BCUT2D eigenvalue weighted by molar-refractivity contribution is 0.0468. The molecule has 0 aromatic heterocycles. The molecule has 1 aromatic rings. The predicted octanol–water partition coefficient (Wildman–Crippen LogP) is 3.00. The van der Waals surface area contributed by atoms with E-state index in [-0.39, 0.29) is 18.0 Å². The number of benzene rings is 1. The molecule has 0 radical (unpaired) electrons. The highest BCUT2D eigenvalue weighted by molar-refractivity contribution is 7.99. The van der Waals surface area contributed by atoms with Crippen molar-refractivity contribution in [2.75, 3.05) is 24.7 Å². The molecule has 1 aliphatic rings. The number of hydrogen-bond donors (Lipinski definition) is 1. The Labute approximate surface area is 112 Å². The predicted molar refractivity (Wildman–Crippen MR) is 74.5 cm³/mol. The van der Waals surface area contributed by atoms with Gasteiger partial charge in [-0.15, -0.1) is 0 Å². The maximum absolute atomic E-state index is 13.0. The van der Waals surface area contributed by atoms with Crippen molar-refractivity contribution in [2.45, 2.75) is 25.5 Å². The van der Waals surface area contributed by atoms with Gasteiger partial charge in [0.15, 0.2) is 0 Å². The lowest BCUT2D eigenvalue weighted by Crippen LogP contribution is -2.38. The summed E-state index contributed by atoms with van der Waals surface area (Å²) < 4.78 is 18.8. The molecule has 2 rings (SSSR count). The molecule has 0 saturated carbocycles. The van der Waals surface area contributed by atoms with Crippen molar-refractivity contribution in [2.24, 2.45) is 0 Å². The minimum absolute atomic E-state index is 0.165. The van der Waals surface area contributed by atoms with Gasteiger partial charge in [0.1, 0.15) is 5.82 Å². The van der Waals surface area contributed by atoms with Crippen LogP contribution in [0.15, 0.2) is 24.3 Å². The maximum atomic E-state index is 13.0. The van der Waals surface area contributed by atoms with Crippen molar-refractivity contribution in [3.05, 3.63) is 35.6 Å². The molecule has 2 atom stereocenters. The van der Waals surface area contributed by atoms with Crippen molar-refractivity contribution in [1.82, 2.24) is 5.32 Å². The van der Waals surface area contributed by atoms with Crippen LogP contribution in [0.3, 0.4) is 0 Å². The van der Waals surface area contributed by atoms with Gasteiger partial charge in [-0.25, -0.2) is 4.39 Å². The van der Waals surface area contributed by atoms with Crippen LogP contribution >= 0.6 is 11.8 Å². The Morgan fingerprint density at radius 1 is 1.44 bits per heavy atom. The highest BCUT2D eigenvalue weighted by atomic mass is 32.2. The number of hydrogen-bond acceptors (Lipinski definition) is 3. The Bertz CT molecular complexity index is 351. The average Bonchev–Trinajstić information content (AvgIpc) is 2.42. The second kappa shape index (κ2) is 7.12. The van der Waals surface area contributed by atoms with Crippen LogP contribution in [0.2, 0.25) is 0 Å². The molecule has 1 aromatic carbocycles. The molecule has 2 unspecified atom stereocenters. The molecule has 18 heavy (non-hydrogen) atoms. The number of halogens is 1. The quantitative estimate of drug-likeness (QED) is 0.888. The van der Waals surface area contributed by atoms with E-state index in [0.717, 1.165) is 36.6 Å². The fraction of sp³-hybridized carbons (Fsp3) is 0.571. The molecule has 1 aliphatic heterocycles. The Kier molecular flexibility index (Phi) is 5.47. The van der Waals surface area contributed by atoms with Crippen LogP contribution in [0.25, 0.3) is 0 Å². The second-order valence-electron chi connectivity index (χ2n) is 4.47. The van der Waals surface area contributed by atoms with Gasteiger partial charge in [-0.2, -0.15) is 11.8 Å². The van der Waals surface area contributed by atoms with Crippen molar-refractivity contribution in [3.8, 4) is 0 Å². The van der Waals surface area contributed by atoms with Gasteiger partial charge in [0.2, 0.25) is 0 Å². The fourth-order valence-electron chi connectivity index (χ4n) is 2.13. The molecule has 0 spiro atoms. The standard InChI is InChI=1S/C14H20FNOS/c1-2-7-16-14(13-10-18-9-8-17-13)11-3-5-12(15)6-4-11/h3-6,13-14,16H,2,7-10H2,1H3. The minimum atomic E-state index is -0.188. The van der Waals surface area contributed by atoms with E-state index >= 15 is 0 Å². The Morgan fingerprint density at radius 2 is 2.22 bits per heavy atom. The highest BCUT2D eigenvalue weighted by Crippen LogP contribution is 2.25. The molecule has 0 amide bonds. The van der Waals surface area contributed by atoms with Crippen LogP contribution in [0, 0.1) is 5.82 Å². The van der Waals surface area contributed by atoms with E-state index in [1.807, 2.05) is 23.9 Å². The maximum Gasteiger partial charge on any atom is 0.123 e. The molecular formula is C14H20FNOS. The van der Waals surface area contributed by atoms with Crippen LogP contribution < -0.4 is 5.32 Å². The first kappa shape index (κ1) is 13.8. The summed E-state index contributed by atoms with van der Waals surface area (Å²) in [5.74, 6) is 1.88. The Hall–Kier alpha value is -0.580. The van der Waals surface area contributed by atoms with E-state index in [2.05, 4.69) is 12.2 Å². The molecule has 0 aliphatic carbocycles. The second-order valence-corrected chi connectivity index (χ2v) is 5.62. The van der Waals surface area contributed by atoms with Gasteiger partial charge in [-0.05, 0) is 30.7 Å². The number of nitrogens with one attached hydrogen (secondary N) is 1. The van der Waals surface area contributed by atoms with Crippen molar-refractivity contribution >= 4 is 11.8 Å². The third kappa shape index (κ3) is 3.70. The van der Waals surface area contributed by atoms with Crippen molar-refractivity contribution in [3.63, 3.8) is 0 Å². The molecule has 1 fully saturated rings. The van der Waals surface area contributed by atoms with Crippen LogP contribution in [0.5, 0.6) is 0 Å². The fourth-order valence-corrected chi connectivity index (χ4v) is 3.03. The molecule has 4 heteroatoms. The molecular weight excluding hydrogens is 249 g/mol. The molecule has 0 bridgehead atoms. The van der Waals surface area contributed by atoms with Gasteiger partial charge < -0.3 is 10.1 Å². The average molecular weight is 269 g/mol. The lowest BCUT2D eigenvalue weighted by atomic mass is 10.0. The summed E-state index contributed by atoms with van der Waals surface area (Å²) >= 11 is 1.92. The first-order valence-corrected chi connectivity index (χ1v) is 7.65. The first-order chi connectivity index (χ1) is 8.81. The van der Waals surface area contributed by atoms with Gasteiger partial charge in [-0.1, -0.05) is 19.1 Å². The van der Waals surface area contributed by atoms with E-state index < -0.39 is 0 Å². The molecule has 2 nitrogen and oxygen atoms in total. The molecule has 100 valence electrons. The summed E-state index contributed by atoms with van der Waals surface area (Å²) in [7, 11) is 0. The van der Waals surface area contributed by atoms with Crippen molar-refractivity contribution < 1.29 is 9.13 Å². The normalized spacial score (nSPS) is 21.8. The molecule has 1 heterocycles. The van der Waals surface area contributed by atoms with E-state index in [1.54, 1.807) is 0 Å². The van der Waals surface area contributed by atoms with E-state index in [4.69, 9.17) is 4.74 Å². The van der Waals surface area contributed by atoms with Gasteiger partial charge in [0.25, 0.3) is 0 Å².